The first-order chi connectivity index (χ1) is 12.7. The second-order valence-corrected chi connectivity index (χ2v) is 5.64. The number of hydrogen-bond donors (Lipinski definition) is 0. The van der Waals surface area contributed by atoms with Gasteiger partial charge in [-0.25, -0.2) is 4.79 Å². The van der Waals surface area contributed by atoms with E-state index in [-0.39, 0.29) is 6.61 Å². The van der Waals surface area contributed by atoms with Crippen molar-refractivity contribution in [3.05, 3.63) is 71.9 Å². The van der Waals surface area contributed by atoms with Crippen molar-refractivity contribution in [2.75, 3.05) is 7.11 Å². The summed E-state index contributed by atoms with van der Waals surface area (Å²) in [7, 11) is 1.57. The molecule has 0 unspecified atom stereocenters. The summed E-state index contributed by atoms with van der Waals surface area (Å²) in [6, 6.07) is 17.9. The van der Waals surface area contributed by atoms with Crippen molar-refractivity contribution in [3.8, 4) is 17.3 Å². The SMILES string of the molecule is COc1ccc(C(=O)OCc2cc(-c3cc4ccccc4o3)on2)cc1. The Morgan fingerprint density at radius 3 is 2.62 bits per heavy atom. The van der Waals surface area contributed by atoms with Gasteiger partial charge in [0.1, 0.15) is 23.6 Å². The lowest BCUT2D eigenvalue weighted by Gasteiger charge is -2.03. The molecule has 0 aliphatic rings. The predicted octanol–water partition coefficient (Wildman–Crippen LogP) is 4.45. The van der Waals surface area contributed by atoms with Crippen LogP contribution in [0.5, 0.6) is 5.75 Å². The molecule has 6 heteroatoms. The lowest BCUT2D eigenvalue weighted by Crippen LogP contribution is -2.05. The number of benzene rings is 2. The van der Waals surface area contributed by atoms with Crippen molar-refractivity contribution in [1.82, 2.24) is 5.16 Å². The summed E-state index contributed by atoms with van der Waals surface area (Å²) in [6.07, 6.45) is 0. The summed E-state index contributed by atoms with van der Waals surface area (Å²) in [4.78, 5) is 12.1. The molecule has 4 rings (SSSR count). The fourth-order valence-corrected chi connectivity index (χ4v) is 2.55. The fourth-order valence-electron chi connectivity index (χ4n) is 2.55. The van der Waals surface area contributed by atoms with E-state index in [2.05, 4.69) is 5.16 Å². The number of fused-ring (bicyclic) bond motifs is 1. The number of rotatable bonds is 5. The van der Waals surface area contributed by atoms with Gasteiger partial charge in [-0.2, -0.15) is 0 Å². The minimum Gasteiger partial charge on any atom is -0.497 e. The molecule has 0 radical (unpaired) electrons. The molecule has 0 saturated heterocycles. The molecule has 0 N–H and O–H groups in total. The maximum Gasteiger partial charge on any atom is 0.338 e. The molecular weight excluding hydrogens is 334 g/mol. The molecule has 0 atom stereocenters. The van der Waals surface area contributed by atoms with Gasteiger partial charge in [-0.1, -0.05) is 23.4 Å². The molecule has 0 aliphatic carbocycles. The van der Waals surface area contributed by atoms with E-state index in [4.69, 9.17) is 18.4 Å². The van der Waals surface area contributed by atoms with Gasteiger partial charge in [-0.05, 0) is 36.4 Å². The molecular formula is C20H15NO5. The largest absolute Gasteiger partial charge is 0.497 e. The van der Waals surface area contributed by atoms with Crippen LogP contribution in [-0.4, -0.2) is 18.2 Å². The summed E-state index contributed by atoms with van der Waals surface area (Å²) < 4.78 is 21.4. The van der Waals surface area contributed by atoms with Crippen LogP contribution in [0.15, 0.2) is 69.6 Å². The third-order valence-corrected chi connectivity index (χ3v) is 3.90. The number of nitrogens with zero attached hydrogens (tertiary/aromatic N) is 1. The van der Waals surface area contributed by atoms with E-state index in [0.29, 0.717) is 28.5 Å². The van der Waals surface area contributed by atoms with Crippen LogP contribution < -0.4 is 4.74 Å². The lowest BCUT2D eigenvalue weighted by atomic mass is 10.2. The van der Waals surface area contributed by atoms with Crippen LogP contribution in [0.1, 0.15) is 16.1 Å². The van der Waals surface area contributed by atoms with Crippen molar-refractivity contribution in [3.63, 3.8) is 0 Å². The third-order valence-electron chi connectivity index (χ3n) is 3.90. The summed E-state index contributed by atoms with van der Waals surface area (Å²) in [5.74, 6) is 1.29. The zero-order valence-corrected chi connectivity index (χ0v) is 14.0. The van der Waals surface area contributed by atoms with E-state index < -0.39 is 5.97 Å². The maximum absolute atomic E-state index is 12.1. The van der Waals surface area contributed by atoms with Crippen molar-refractivity contribution < 1.29 is 23.2 Å². The van der Waals surface area contributed by atoms with Gasteiger partial charge in [0.2, 0.25) is 5.76 Å². The summed E-state index contributed by atoms with van der Waals surface area (Å²) in [5.41, 5.74) is 1.71. The number of carbonyl (C=O) groups excluding carboxylic acids is 1. The zero-order valence-electron chi connectivity index (χ0n) is 14.0. The number of furan rings is 1. The van der Waals surface area contributed by atoms with Crippen LogP contribution in [0.4, 0.5) is 0 Å². The Morgan fingerprint density at radius 1 is 1.04 bits per heavy atom. The smallest absolute Gasteiger partial charge is 0.338 e. The molecule has 0 saturated carbocycles. The molecule has 0 bridgehead atoms. The normalized spacial score (nSPS) is 10.8. The number of para-hydroxylation sites is 1. The van der Waals surface area contributed by atoms with Gasteiger partial charge in [0.25, 0.3) is 0 Å². The van der Waals surface area contributed by atoms with Gasteiger partial charge in [0.05, 0.1) is 12.7 Å². The number of methoxy groups -OCH3 is 1. The average molecular weight is 349 g/mol. The van der Waals surface area contributed by atoms with Crippen molar-refractivity contribution in [2.24, 2.45) is 0 Å². The number of aromatic nitrogens is 1. The average Bonchev–Trinajstić information content (AvgIpc) is 3.32. The fraction of sp³-hybridized carbons (Fsp3) is 0.100. The Labute approximate surface area is 148 Å². The molecule has 2 aromatic heterocycles. The van der Waals surface area contributed by atoms with Crippen molar-refractivity contribution in [2.45, 2.75) is 6.61 Å². The quantitative estimate of drug-likeness (QED) is 0.495. The molecule has 26 heavy (non-hydrogen) atoms. The van der Waals surface area contributed by atoms with Crippen molar-refractivity contribution >= 4 is 16.9 Å². The second-order valence-electron chi connectivity index (χ2n) is 5.64. The molecule has 0 aliphatic heterocycles. The first-order valence-corrected chi connectivity index (χ1v) is 7.98. The van der Waals surface area contributed by atoms with E-state index in [1.807, 2.05) is 30.3 Å². The van der Waals surface area contributed by atoms with E-state index in [1.54, 1.807) is 37.4 Å². The molecule has 0 amide bonds. The summed E-state index contributed by atoms with van der Waals surface area (Å²) in [5, 5.41) is 4.90. The number of carbonyl (C=O) groups is 1. The minimum atomic E-state index is -0.444. The van der Waals surface area contributed by atoms with Crippen molar-refractivity contribution in [1.29, 1.82) is 0 Å². The van der Waals surface area contributed by atoms with Gasteiger partial charge >= 0.3 is 5.97 Å². The monoisotopic (exact) mass is 349 g/mol. The highest BCUT2D eigenvalue weighted by Gasteiger charge is 2.14. The van der Waals surface area contributed by atoms with Crippen LogP contribution in [0, 0.1) is 0 Å². The van der Waals surface area contributed by atoms with Crippen LogP contribution in [0.2, 0.25) is 0 Å². The summed E-state index contributed by atoms with van der Waals surface area (Å²) in [6.45, 7) is 0.00852. The molecule has 2 aromatic carbocycles. The number of esters is 1. The Bertz CT molecular complexity index is 1010. The highest BCUT2D eigenvalue weighted by atomic mass is 16.5. The van der Waals surface area contributed by atoms with Gasteiger partial charge < -0.3 is 18.4 Å². The first kappa shape index (κ1) is 16.0. The maximum atomic E-state index is 12.1. The Hall–Kier alpha value is -3.54. The highest BCUT2D eigenvalue weighted by molar-refractivity contribution is 5.89. The molecule has 0 fully saturated rings. The minimum absolute atomic E-state index is 0.00852. The third kappa shape index (κ3) is 3.17. The van der Waals surface area contributed by atoms with Crippen LogP contribution in [0.25, 0.3) is 22.5 Å². The zero-order chi connectivity index (χ0) is 17.9. The first-order valence-electron chi connectivity index (χ1n) is 7.98. The number of ether oxygens (including phenoxy) is 2. The van der Waals surface area contributed by atoms with E-state index >= 15 is 0 Å². The molecule has 130 valence electrons. The Balaban J connectivity index is 1.43. The molecule has 4 aromatic rings. The standard InChI is InChI=1S/C20H15NO5/c1-23-16-8-6-13(7-9-16)20(22)24-12-15-11-19(26-21-15)18-10-14-4-2-3-5-17(14)25-18/h2-11H,12H2,1H3. The lowest BCUT2D eigenvalue weighted by molar-refractivity contribution is 0.0464. The van der Waals surface area contributed by atoms with Gasteiger partial charge in [-0.15, -0.1) is 0 Å². The van der Waals surface area contributed by atoms with Gasteiger partial charge in [-0.3, -0.25) is 0 Å². The predicted molar refractivity (Wildman–Crippen MR) is 93.8 cm³/mol. The topological polar surface area (TPSA) is 74.7 Å². The highest BCUT2D eigenvalue weighted by Crippen LogP contribution is 2.28. The van der Waals surface area contributed by atoms with E-state index in [9.17, 15) is 4.79 Å². The Kier molecular flexibility index (Phi) is 4.15. The van der Waals surface area contributed by atoms with E-state index in [0.717, 1.165) is 11.0 Å². The van der Waals surface area contributed by atoms with Gasteiger partial charge in [0.15, 0.2) is 5.76 Å². The second kappa shape index (κ2) is 6.76. The molecule has 0 spiro atoms. The Morgan fingerprint density at radius 2 is 1.85 bits per heavy atom. The summed E-state index contributed by atoms with van der Waals surface area (Å²) >= 11 is 0. The van der Waals surface area contributed by atoms with Crippen LogP contribution in [0.3, 0.4) is 0 Å². The van der Waals surface area contributed by atoms with Gasteiger partial charge in [0, 0.05) is 11.5 Å². The van der Waals surface area contributed by atoms with Crippen LogP contribution in [-0.2, 0) is 11.3 Å². The molecule has 6 nitrogen and oxygen atoms in total. The number of hydrogen-bond acceptors (Lipinski definition) is 6. The van der Waals surface area contributed by atoms with E-state index in [1.165, 1.54) is 0 Å². The molecule has 2 heterocycles. The van der Waals surface area contributed by atoms with Crippen LogP contribution >= 0.6 is 0 Å².